The highest BCUT2D eigenvalue weighted by atomic mass is 127. The maximum atomic E-state index is 12.5. The molecule has 0 aliphatic carbocycles. The number of nitrogens with zero attached hydrogens (tertiary/aromatic N) is 3. The number of carbonyl (C=O) groups is 1. The normalized spacial score (nSPS) is 11.9. The van der Waals surface area contributed by atoms with Gasteiger partial charge in [0.1, 0.15) is 5.75 Å². The third-order valence-electron chi connectivity index (χ3n) is 4.38. The molecule has 3 rings (SSSR count). The van der Waals surface area contributed by atoms with Crippen LogP contribution >= 0.6 is 34.4 Å². The molecule has 152 valence electrons. The number of aryl methyl sites for hydroxylation is 2. The molecule has 0 saturated heterocycles. The molecule has 1 atom stereocenters. The Morgan fingerprint density at radius 1 is 1.21 bits per heavy atom. The van der Waals surface area contributed by atoms with Crippen LogP contribution < -0.4 is 10.1 Å². The highest BCUT2D eigenvalue weighted by molar-refractivity contribution is 14.1. The Kier molecular flexibility index (Phi) is 7.18. The molecule has 1 amide bonds. The highest BCUT2D eigenvalue weighted by Gasteiger charge is 2.18. The van der Waals surface area contributed by atoms with Crippen LogP contribution in [0.15, 0.2) is 47.6 Å². The number of amides is 1. The molecule has 1 N–H and O–H groups in total. The van der Waals surface area contributed by atoms with Gasteiger partial charge in [0.15, 0.2) is 17.1 Å². The zero-order valence-corrected chi connectivity index (χ0v) is 19.7. The summed E-state index contributed by atoms with van der Waals surface area (Å²) in [5, 5.41) is 12.2. The highest BCUT2D eigenvalue weighted by Crippen LogP contribution is 2.25. The van der Waals surface area contributed by atoms with Crippen LogP contribution in [0.2, 0.25) is 0 Å². The smallest absolute Gasteiger partial charge is 0.234 e. The molecule has 1 heterocycles. The minimum atomic E-state index is -0.254. The van der Waals surface area contributed by atoms with Gasteiger partial charge in [-0.2, -0.15) is 0 Å². The van der Waals surface area contributed by atoms with Crippen LogP contribution in [-0.2, 0) is 11.8 Å². The number of nitrogens with one attached hydrogen (secondary N) is 1. The first-order valence-electron chi connectivity index (χ1n) is 9.15. The summed E-state index contributed by atoms with van der Waals surface area (Å²) in [6.07, 6.45) is -0.254. The van der Waals surface area contributed by atoms with E-state index in [0.717, 1.165) is 26.1 Å². The number of para-hydroxylation sites is 1. The van der Waals surface area contributed by atoms with Crippen molar-refractivity contribution in [3.8, 4) is 5.75 Å². The Hall–Kier alpha value is -2.07. The third-order valence-corrected chi connectivity index (χ3v) is 6.03. The second-order valence-electron chi connectivity index (χ2n) is 6.72. The van der Waals surface area contributed by atoms with Crippen LogP contribution in [0.1, 0.15) is 30.0 Å². The van der Waals surface area contributed by atoms with Crippen molar-refractivity contribution in [1.29, 1.82) is 0 Å². The summed E-state index contributed by atoms with van der Waals surface area (Å²) in [6, 6.07) is 13.7. The molecule has 2 aromatic carbocycles. The first kappa shape index (κ1) is 21.6. The summed E-state index contributed by atoms with van der Waals surface area (Å²) < 4.78 is 8.95. The van der Waals surface area contributed by atoms with E-state index in [1.165, 1.54) is 11.8 Å². The van der Waals surface area contributed by atoms with Crippen molar-refractivity contribution in [2.24, 2.45) is 7.05 Å². The number of halogens is 1. The number of aromatic nitrogens is 3. The number of rotatable bonds is 7. The van der Waals surface area contributed by atoms with Gasteiger partial charge >= 0.3 is 0 Å². The molecule has 1 aromatic heterocycles. The van der Waals surface area contributed by atoms with Crippen LogP contribution in [0.5, 0.6) is 5.75 Å². The third kappa shape index (κ3) is 5.51. The molecule has 0 aliphatic rings. The van der Waals surface area contributed by atoms with Crippen LogP contribution in [0, 0.1) is 17.4 Å². The van der Waals surface area contributed by atoms with E-state index < -0.39 is 0 Å². The largest absolute Gasteiger partial charge is 0.483 e. The average molecular weight is 522 g/mol. The Balaban J connectivity index is 1.61. The molecular weight excluding hydrogens is 499 g/mol. The van der Waals surface area contributed by atoms with E-state index in [-0.39, 0.29) is 17.8 Å². The summed E-state index contributed by atoms with van der Waals surface area (Å²) in [5.41, 5.74) is 2.99. The van der Waals surface area contributed by atoms with Gasteiger partial charge in [-0.1, -0.05) is 30.0 Å². The number of carbonyl (C=O) groups excluding carboxylic acids is 1. The molecule has 8 heteroatoms. The number of thioether (sulfide) groups is 1. The first-order chi connectivity index (χ1) is 13.8. The Labute approximate surface area is 188 Å². The lowest BCUT2D eigenvalue weighted by Gasteiger charge is -2.14. The lowest BCUT2D eigenvalue weighted by molar-refractivity contribution is -0.113. The summed E-state index contributed by atoms with van der Waals surface area (Å²) in [6.45, 7) is 5.93. The Bertz CT molecular complexity index is 984. The van der Waals surface area contributed by atoms with Crippen molar-refractivity contribution < 1.29 is 9.53 Å². The number of benzene rings is 2. The van der Waals surface area contributed by atoms with E-state index in [2.05, 4.69) is 50.2 Å². The number of hydrogen-bond acceptors (Lipinski definition) is 5. The topological polar surface area (TPSA) is 69.0 Å². The number of anilines is 1. The molecule has 6 nitrogen and oxygen atoms in total. The van der Waals surface area contributed by atoms with E-state index >= 15 is 0 Å². The fraction of sp³-hybridized carbons (Fsp3) is 0.286. The maximum Gasteiger partial charge on any atom is 0.234 e. The zero-order valence-electron chi connectivity index (χ0n) is 16.8. The predicted molar refractivity (Wildman–Crippen MR) is 124 cm³/mol. The zero-order chi connectivity index (χ0) is 21.0. The molecule has 0 saturated carbocycles. The molecule has 0 bridgehead atoms. The van der Waals surface area contributed by atoms with E-state index in [1.54, 1.807) is 0 Å². The SMILES string of the molecule is Cc1cc(I)cc(C)c1NC(=O)CSc1nnc([C@@H](C)Oc2ccccc2)n1C. The van der Waals surface area contributed by atoms with Gasteiger partial charge in [-0.3, -0.25) is 4.79 Å². The quantitative estimate of drug-likeness (QED) is 0.353. The van der Waals surface area contributed by atoms with Crippen molar-refractivity contribution in [3.05, 3.63) is 63.0 Å². The van der Waals surface area contributed by atoms with E-state index in [4.69, 9.17) is 4.74 Å². The van der Waals surface area contributed by atoms with Crippen molar-refractivity contribution in [2.45, 2.75) is 32.0 Å². The fourth-order valence-corrected chi connectivity index (χ4v) is 4.63. The molecular formula is C21H23IN4O2S. The monoisotopic (exact) mass is 522 g/mol. The fourth-order valence-electron chi connectivity index (χ4n) is 2.98. The lowest BCUT2D eigenvalue weighted by atomic mass is 10.1. The van der Waals surface area contributed by atoms with Gasteiger partial charge in [0, 0.05) is 16.3 Å². The van der Waals surface area contributed by atoms with Crippen molar-refractivity contribution in [3.63, 3.8) is 0 Å². The molecule has 0 spiro atoms. The minimum absolute atomic E-state index is 0.0689. The number of hydrogen-bond donors (Lipinski definition) is 1. The van der Waals surface area contributed by atoms with Crippen molar-refractivity contribution >= 4 is 45.9 Å². The summed E-state index contributed by atoms with van der Waals surface area (Å²) in [4.78, 5) is 12.5. The summed E-state index contributed by atoms with van der Waals surface area (Å²) in [5.74, 6) is 1.67. The Morgan fingerprint density at radius 3 is 2.52 bits per heavy atom. The predicted octanol–water partition coefficient (Wildman–Crippen LogP) is 4.91. The Morgan fingerprint density at radius 2 is 1.86 bits per heavy atom. The van der Waals surface area contributed by atoms with Gasteiger partial charge < -0.3 is 14.6 Å². The van der Waals surface area contributed by atoms with Gasteiger partial charge in [-0.25, -0.2) is 0 Å². The molecule has 0 unspecified atom stereocenters. The lowest BCUT2D eigenvalue weighted by Crippen LogP contribution is -2.16. The molecule has 3 aromatic rings. The van der Waals surface area contributed by atoms with E-state index in [1.807, 2.05) is 62.7 Å². The average Bonchev–Trinajstić information content (AvgIpc) is 3.04. The van der Waals surface area contributed by atoms with Crippen molar-refractivity contribution in [2.75, 3.05) is 11.1 Å². The van der Waals surface area contributed by atoms with Gasteiger partial charge in [-0.05, 0) is 78.8 Å². The maximum absolute atomic E-state index is 12.5. The van der Waals surface area contributed by atoms with E-state index in [0.29, 0.717) is 11.0 Å². The number of ether oxygens (including phenoxy) is 1. The molecule has 0 aliphatic heterocycles. The second kappa shape index (κ2) is 9.62. The second-order valence-corrected chi connectivity index (χ2v) is 8.91. The summed E-state index contributed by atoms with van der Waals surface area (Å²) in [7, 11) is 1.88. The minimum Gasteiger partial charge on any atom is -0.483 e. The first-order valence-corrected chi connectivity index (χ1v) is 11.2. The van der Waals surface area contributed by atoms with Crippen LogP contribution in [-0.4, -0.2) is 26.4 Å². The van der Waals surface area contributed by atoms with Crippen LogP contribution in [0.4, 0.5) is 5.69 Å². The van der Waals surface area contributed by atoms with Gasteiger partial charge in [0.2, 0.25) is 5.91 Å². The van der Waals surface area contributed by atoms with Crippen LogP contribution in [0.25, 0.3) is 0 Å². The summed E-state index contributed by atoms with van der Waals surface area (Å²) >= 11 is 3.63. The molecule has 29 heavy (non-hydrogen) atoms. The molecule has 0 radical (unpaired) electrons. The van der Waals surface area contributed by atoms with E-state index in [9.17, 15) is 4.79 Å². The van der Waals surface area contributed by atoms with Gasteiger partial charge in [0.25, 0.3) is 0 Å². The standard InChI is InChI=1S/C21H23IN4O2S/c1-13-10-16(22)11-14(2)19(13)23-18(27)12-29-21-25-24-20(26(21)4)15(3)28-17-8-6-5-7-9-17/h5-11,15H,12H2,1-4H3,(H,23,27)/t15-/m1/s1. The van der Waals surface area contributed by atoms with Crippen molar-refractivity contribution in [1.82, 2.24) is 14.8 Å². The van der Waals surface area contributed by atoms with Gasteiger partial charge in [0.05, 0.1) is 5.75 Å². The van der Waals surface area contributed by atoms with Crippen LogP contribution in [0.3, 0.4) is 0 Å². The molecule has 0 fully saturated rings. The van der Waals surface area contributed by atoms with Gasteiger partial charge in [-0.15, -0.1) is 10.2 Å².